The third-order valence-electron chi connectivity index (χ3n) is 3.51. The normalized spacial score (nSPS) is 20.0. The summed E-state index contributed by atoms with van der Waals surface area (Å²) < 4.78 is 0. The van der Waals surface area contributed by atoms with Crippen LogP contribution in [-0.4, -0.2) is 12.5 Å². The van der Waals surface area contributed by atoms with Gasteiger partial charge in [-0.25, -0.2) is 0 Å². The van der Waals surface area contributed by atoms with Gasteiger partial charge in [0.05, 0.1) is 5.41 Å². The number of rotatable bonds is 4. The Balaban J connectivity index is 2.00. The van der Waals surface area contributed by atoms with E-state index in [1.165, 1.54) is 23.3 Å². The number of nitrogens with one attached hydrogen (secondary N) is 1. The standard InChI is InChI=1S/C13H20N2OS/c1-13(2,12(14)16)8-15-10-4-3-5-11-9(10)6-7-17-11/h6-7,10,15H,3-5,8H2,1-2H3,(H2,14,16). The van der Waals surface area contributed by atoms with Crippen molar-refractivity contribution in [2.45, 2.75) is 39.2 Å². The molecule has 0 saturated heterocycles. The largest absolute Gasteiger partial charge is 0.369 e. The molecule has 1 aromatic heterocycles. The Morgan fingerprint density at radius 3 is 3.12 bits per heavy atom. The van der Waals surface area contributed by atoms with E-state index in [-0.39, 0.29) is 5.91 Å². The summed E-state index contributed by atoms with van der Waals surface area (Å²) in [6.45, 7) is 4.42. The molecule has 0 spiro atoms. The van der Waals surface area contributed by atoms with Gasteiger partial charge in [0.15, 0.2) is 0 Å². The van der Waals surface area contributed by atoms with Gasteiger partial charge in [0.2, 0.25) is 5.91 Å². The molecule has 1 aliphatic rings. The van der Waals surface area contributed by atoms with Crippen molar-refractivity contribution in [3.05, 3.63) is 21.9 Å². The number of fused-ring (bicyclic) bond motifs is 1. The summed E-state index contributed by atoms with van der Waals surface area (Å²) in [6, 6.07) is 2.59. The minimum Gasteiger partial charge on any atom is -0.369 e. The smallest absolute Gasteiger partial charge is 0.224 e. The number of primary amides is 1. The van der Waals surface area contributed by atoms with Crippen molar-refractivity contribution in [3.8, 4) is 0 Å². The van der Waals surface area contributed by atoms with E-state index in [0.29, 0.717) is 12.6 Å². The number of hydrogen-bond acceptors (Lipinski definition) is 3. The van der Waals surface area contributed by atoms with Crippen LogP contribution in [0.5, 0.6) is 0 Å². The van der Waals surface area contributed by atoms with Gasteiger partial charge in [0, 0.05) is 17.5 Å². The average Bonchev–Trinajstić information content (AvgIpc) is 2.74. The molecule has 0 saturated carbocycles. The van der Waals surface area contributed by atoms with Gasteiger partial charge >= 0.3 is 0 Å². The van der Waals surface area contributed by atoms with Crippen LogP contribution in [0.15, 0.2) is 11.4 Å². The first kappa shape index (κ1) is 12.6. The van der Waals surface area contributed by atoms with Crippen LogP contribution in [0.25, 0.3) is 0 Å². The maximum absolute atomic E-state index is 11.3. The molecule has 2 rings (SSSR count). The van der Waals surface area contributed by atoms with Crippen molar-refractivity contribution in [3.63, 3.8) is 0 Å². The first-order chi connectivity index (χ1) is 8.00. The fourth-order valence-corrected chi connectivity index (χ4v) is 3.15. The summed E-state index contributed by atoms with van der Waals surface area (Å²) >= 11 is 1.84. The number of thiophene rings is 1. The van der Waals surface area contributed by atoms with Crippen LogP contribution in [-0.2, 0) is 11.2 Å². The highest BCUT2D eigenvalue weighted by Gasteiger charge is 2.27. The first-order valence-electron chi connectivity index (χ1n) is 6.10. The second-order valence-corrected chi connectivity index (χ2v) is 6.37. The zero-order valence-corrected chi connectivity index (χ0v) is 11.3. The minimum atomic E-state index is -0.479. The van der Waals surface area contributed by atoms with E-state index in [1.807, 2.05) is 25.2 Å². The van der Waals surface area contributed by atoms with Crippen molar-refractivity contribution < 1.29 is 4.79 Å². The predicted octanol–water partition coefficient (Wildman–Crippen LogP) is 2.23. The lowest BCUT2D eigenvalue weighted by atomic mass is 9.89. The minimum absolute atomic E-state index is 0.244. The highest BCUT2D eigenvalue weighted by Crippen LogP contribution is 2.33. The van der Waals surface area contributed by atoms with Crippen LogP contribution in [0.4, 0.5) is 0 Å². The number of carbonyl (C=O) groups excluding carboxylic acids is 1. The summed E-state index contributed by atoms with van der Waals surface area (Å²) in [6.07, 6.45) is 3.57. The van der Waals surface area contributed by atoms with Gasteiger partial charge in [0.25, 0.3) is 0 Å². The van der Waals surface area contributed by atoms with E-state index in [9.17, 15) is 4.79 Å². The molecule has 1 unspecified atom stereocenters. The monoisotopic (exact) mass is 252 g/mol. The molecule has 3 nitrogen and oxygen atoms in total. The number of aryl methyl sites for hydroxylation is 1. The molecular formula is C13H20N2OS. The van der Waals surface area contributed by atoms with E-state index in [0.717, 1.165) is 6.42 Å². The molecule has 0 fully saturated rings. The number of amides is 1. The molecule has 3 N–H and O–H groups in total. The molecule has 1 aromatic rings. The average molecular weight is 252 g/mol. The van der Waals surface area contributed by atoms with Crippen LogP contribution in [0.3, 0.4) is 0 Å². The van der Waals surface area contributed by atoms with Crippen molar-refractivity contribution >= 4 is 17.2 Å². The Morgan fingerprint density at radius 2 is 2.41 bits per heavy atom. The van der Waals surface area contributed by atoms with Gasteiger partial charge in [-0.1, -0.05) is 0 Å². The van der Waals surface area contributed by atoms with E-state index in [1.54, 1.807) is 0 Å². The van der Waals surface area contributed by atoms with Gasteiger partial charge in [-0.3, -0.25) is 4.79 Å². The van der Waals surface area contributed by atoms with E-state index in [2.05, 4.69) is 16.8 Å². The predicted molar refractivity (Wildman–Crippen MR) is 71.0 cm³/mol. The second-order valence-electron chi connectivity index (χ2n) is 5.37. The Morgan fingerprint density at radius 1 is 1.65 bits per heavy atom. The molecule has 1 atom stereocenters. The van der Waals surface area contributed by atoms with Crippen molar-refractivity contribution in [2.75, 3.05) is 6.54 Å². The van der Waals surface area contributed by atoms with Gasteiger partial charge in [0.1, 0.15) is 0 Å². The van der Waals surface area contributed by atoms with E-state index >= 15 is 0 Å². The Bertz CT molecular complexity index is 411. The number of hydrogen-bond donors (Lipinski definition) is 2. The molecule has 4 heteroatoms. The SMILES string of the molecule is CC(C)(CNC1CCCc2sccc21)C(N)=O. The van der Waals surface area contributed by atoms with Crippen molar-refractivity contribution in [1.29, 1.82) is 0 Å². The zero-order valence-electron chi connectivity index (χ0n) is 10.5. The van der Waals surface area contributed by atoms with Crippen LogP contribution in [0.2, 0.25) is 0 Å². The van der Waals surface area contributed by atoms with Gasteiger partial charge in [-0.2, -0.15) is 0 Å². The van der Waals surface area contributed by atoms with Crippen molar-refractivity contribution in [1.82, 2.24) is 5.32 Å². The highest BCUT2D eigenvalue weighted by molar-refractivity contribution is 7.10. The molecule has 0 aromatic carbocycles. The quantitative estimate of drug-likeness (QED) is 0.863. The summed E-state index contributed by atoms with van der Waals surface area (Å²) in [4.78, 5) is 12.8. The molecule has 1 aliphatic carbocycles. The molecule has 17 heavy (non-hydrogen) atoms. The van der Waals surface area contributed by atoms with E-state index in [4.69, 9.17) is 5.73 Å². The lowest BCUT2D eigenvalue weighted by Crippen LogP contribution is -2.42. The second kappa shape index (κ2) is 4.78. The van der Waals surface area contributed by atoms with Crippen LogP contribution in [0, 0.1) is 5.41 Å². The lowest BCUT2D eigenvalue weighted by molar-refractivity contribution is -0.125. The summed E-state index contributed by atoms with van der Waals surface area (Å²) in [5.74, 6) is -0.244. The molecule has 0 bridgehead atoms. The molecule has 1 amide bonds. The maximum atomic E-state index is 11.3. The molecular weight excluding hydrogens is 232 g/mol. The first-order valence-corrected chi connectivity index (χ1v) is 6.98. The number of carbonyl (C=O) groups is 1. The fourth-order valence-electron chi connectivity index (χ4n) is 2.16. The molecule has 0 radical (unpaired) electrons. The summed E-state index contributed by atoms with van der Waals surface area (Å²) in [7, 11) is 0. The van der Waals surface area contributed by atoms with Gasteiger partial charge < -0.3 is 11.1 Å². The van der Waals surface area contributed by atoms with Gasteiger partial charge in [-0.05, 0) is 50.1 Å². The van der Waals surface area contributed by atoms with Crippen molar-refractivity contribution in [2.24, 2.45) is 11.1 Å². The molecule has 1 heterocycles. The zero-order chi connectivity index (χ0) is 12.5. The number of nitrogens with two attached hydrogens (primary N) is 1. The Kier molecular flexibility index (Phi) is 3.54. The topological polar surface area (TPSA) is 55.1 Å². The Labute approximate surface area is 106 Å². The molecule has 0 aliphatic heterocycles. The highest BCUT2D eigenvalue weighted by atomic mass is 32.1. The maximum Gasteiger partial charge on any atom is 0.224 e. The van der Waals surface area contributed by atoms with Gasteiger partial charge in [-0.15, -0.1) is 11.3 Å². The summed E-state index contributed by atoms with van der Waals surface area (Å²) in [5, 5.41) is 5.65. The Hall–Kier alpha value is -0.870. The van der Waals surface area contributed by atoms with E-state index < -0.39 is 5.41 Å². The fraction of sp³-hybridized carbons (Fsp3) is 0.615. The molecule has 94 valence electrons. The lowest BCUT2D eigenvalue weighted by Gasteiger charge is -2.28. The summed E-state index contributed by atoms with van der Waals surface area (Å²) in [5.41, 5.74) is 6.32. The van der Waals surface area contributed by atoms with Crippen LogP contribution < -0.4 is 11.1 Å². The van der Waals surface area contributed by atoms with Crippen LogP contribution in [0.1, 0.15) is 43.2 Å². The third kappa shape index (κ3) is 2.69. The third-order valence-corrected chi connectivity index (χ3v) is 4.51. The van der Waals surface area contributed by atoms with Crippen LogP contribution >= 0.6 is 11.3 Å².